The van der Waals surface area contributed by atoms with Gasteiger partial charge in [-0.1, -0.05) is 152 Å². The Labute approximate surface area is 261 Å². The molecule has 9 rings (SSSR count). The van der Waals surface area contributed by atoms with E-state index in [0.717, 1.165) is 21.9 Å². The lowest BCUT2D eigenvalue weighted by atomic mass is 9.85. The zero-order valence-corrected chi connectivity index (χ0v) is 24.6. The van der Waals surface area contributed by atoms with Crippen LogP contribution in [0.1, 0.15) is 0 Å². The van der Waals surface area contributed by atoms with Gasteiger partial charge in [-0.2, -0.15) is 0 Å². The SMILES string of the molecule is c1ccc(-c2ccc(-c3cccc4oc5ccc(-c6c7ccccc7c(-c7ccccc7)c7ccccc67)cc5c34)cc2)cc1. The summed E-state index contributed by atoms with van der Waals surface area (Å²) in [6, 6.07) is 60.9. The van der Waals surface area contributed by atoms with Crippen LogP contribution in [0.25, 0.3) is 88.0 Å². The van der Waals surface area contributed by atoms with E-state index in [0.29, 0.717) is 0 Å². The zero-order chi connectivity index (χ0) is 29.7. The first-order valence-corrected chi connectivity index (χ1v) is 15.4. The first kappa shape index (κ1) is 25.6. The summed E-state index contributed by atoms with van der Waals surface area (Å²) in [6.07, 6.45) is 0. The number of furan rings is 1. The third-order valence-electron chi connectivity index (χ3n) is 9.08. The highest BCUT2D eigenvalue weighted by atomic mass is 16.3. The van der Waals surface area contributed by atoms with Crippen LogP contribution in [0.3, 0.4) is 0 Å². The minimum atomic E-state index is 0.900. The molecule has 0 amide bonds. The van der Waals surface area contributed by atoms with Gasteiger partial charge in [-0.3, -0.25) is 0 Å². The minimum absolute atomic E-state index is 0.900. The molecule has 45 heavy (non-hydrogen) atoms. The molecule has 0 saturated carbocycles. The van der Waals surface area contributed by atoms with Gasteiger partial charge in [0.25, 0.3) is 0 Å². The lowest BCUT2D eigenvalue weighted by Gasteiger charge is -2.17. The Kier molecular flexibility index (Phi) is 5.89. The van der Waals surface area contributed by atoms with Gasteiger partial charge in [-0.15, -0.1) is 0 Å². The molecule has 0 spiro atoms. The molecular weight excluding hydrogens is 544 g/mol. The van der Waals surface area contributed by atoms with Gasteiger partial charge in [0.2, 0.25) is 0 Å². The summed E-state index contributed by atoms with van der Waals surface area (Å²) in [4.78, 5) is 0. The fraction of sp³-hybridized carbons (Fsp3) is 0. The molecule has 1 aromatic heterocycles. The molecule has 8 aromatic carbocycles. The van der Waals surface area contributed by atoms with Crippen molar-refractivity contribution in [2.45, 2.75) is 0 Å². The maximum absolute atomic E-state index is 6.45. The lowest BCUT2D eigenvalue weighted by molar-refractivity contribution is 0.669. The summed E-state index contributed by atoms with van der Waals surface area (Å²) < 4.78 is 6.45. The Bertz CT molecular complexity index is 2450. The molecule has 0 unspecified atom stereocenters. The lowest BCUT2D eigenvalue weighted by Crippen LogP contribution is -1.90. The van der Waals surface area contributed by atoms with Crippen molar-refractivity contribution in [1.82, 2.24) is 0 Å². The Balaban J connectivity index is 1.28. The molecule has 0 atom stereocenters. The van der Waals surface area contributed by atoms with Crippen molar-refractivity contribution in [3.63, 3.8) is 0 Å². The van der Waals surface area contributed by atoms with Gasteiger partial charge in [0.05, 0.1) is 0 Å². The largest absolute Gasteiger partial charge is 0.456 e. The molecular formula is C44H28O. The topological polar surface area (TPSA) is 13.1 Å². The Hall–Kier alpha value is -5.92. The summed E-state index contributed by atoms with van der Waals surface area (Å²) in [6.45, 7) is 0. The van der Waals surface area contributed by atoms with Crippen LogP contribution >= 0.6 is 0 Å². The molecule has 0 radical (unpaired) electrons. The smallest absolute Gasteiger partial charge is 0.136 e. The normalized spacial score (nSPS) is 11.6. The van der Waals surface area contributed by atoms with Crippen LogP contribution in [0.5, 0.6) is 0 Å². The summed E-state index contributed by atoms with van der Waals surface area (Å²) in [7, 11) is 0. The first-order chi connectivity index (χ1) is 22.3. The minimum Gasteiger partial charge on any atom is -0.456 e. The van der Waals surface area contributed by atoms with Crippen molar-refractivity contribution < 1.29 is 4.42 Å². The second-order valence-corrected chi connectivity index (χ2v) is 11.6. The molecule has 0 bridgehead atoms. The van der Waals surface area contributed by atoms with Gasteiger partial charge in [-0.05, 0) is 84.3 Å². The second-order valence-electron chi connectivity index (χ2n) is 11.6. The van der Waals surface area contributed by atoms with Crippen LogP contribution < -0.4 is 0 Å². The van der Waals surface area contributed by atoms with E-state index in [9.17, 15) is 0 Å². The maximum atomic E-state index is 6.45. The van der Waals surface area contributed by atoms with Crippen LogP contribution in [-0.4, -0.2) is 0 Å². The fourth-order valence-electron chi connectivity index (χ4n) is 7.05. The highest BCUT2D eigenvalue weighted by Gasteiger charge is 2.18. The number of rotatable bonds is 4. The van der Waals surface area contributed by atoms with Crippen LogP contribution in [-0.2, 0) is 0 Å². The monoisotopic (exact) mass is 572 g/mol. The Morgan fingerprint density at radius 2 is 0.778 bits per heavy atom. The van der Waals surface area contributed by atoms with Crippen molar-refractivity contribution in [1.29, 1.82) is 0 Å². The number of hydrogen-bond donors (Lipinski definition) is 0. The second kappa shape index (κ2) is 10.4. The Morgan fingerprint density at radius 3 is 1.40 bits per heavy atom. The van der Waals surface area contributed by atoms with Gasteiger partial charge in [0.1, 0.15) is 11.2 Å². The first-order valence-electron chi connectivity index (χ1n) is 15.4. The predicted octanol–water partition coefficient (Wildman–Crippen LogP) is 12.6. The van der Waals surface area contributed by atoms with E-state index < -0.39 is 0 Å². The molecule has 0 aliphatic carbocycles. The van der Waals surface area contributed by atoms with Gasteiger partial charge in [0, 0.05) is 10.8 Å². The maximum Gasteiger partial charge on any atom is 0.136 e. The molecule has 0 fully saturated rings. The van der Waals surface area contributed by atoms with Crippen LogP contribution in [0, 0.1) is 0 Å². The van der Waals surface area contributed by atoms with Crippen molar-refractivity contribution in [3.8, 4) is 44.5 Å². The van der Waals surface area contributed by atoms with E-state index in [1.807, 2.05) is 0 Å². The number of fused-ring (bicyclic) bond motifs is 5. The van der Waals surface area contributed by atoms with Gasteiger partial charge < -0.3 is 4.42 Å². The van der Waals surface area contributed by atoms with Crippen molar-refractivity contribution in [2.24, 2.45) is 0 Å². The van der Waals surface area contributed by atoms with E-state index >= 15 is 0 Å². The molecule has 0 aliphatic rings. The van der Waals surface area contributed by atoms with E-state index in [-0.39, 0.29) is 0 Å². The predicted molar refractivity (Wildman–Crippen MR) is 190 cm³/mol. The molecule has 9 aromatic rings. The average Bonchev–Trinajstić information content (AvgIpc) is 3.49. The van der Waals surface area contributed by atoms with Crippen molar-refractivity contribution in [2.75, 3.05) is 0 Å². The van der Waals surface area contributed by atoms with Crippen molar-refractivity contribution in [3.05, 3.63) is 170 Å². The molecule has 1 heterocycles. The number of benzene rings is 8. The molecule has 210 valence electrons. The highest BCUT2D eigenvalue weighted by molar-refractivity contribution is 6.22. The summed E-state index contributed by atoms with van der Waals surface area (Å²) >= 11 is 0. The molecule has 1 nitrogen and oxygen atoms in total. The third kappa shape index (κ3) is 4.17. The van der Waals surface area contributed by atoms with Gasteiger partial charge in [0.15, 0.2) is 0 Å². The fourth-order valence-corrected chi connectivity index (χ4v) is 7.05. The van der Waals surface area contributed by atoms with Crippen LogP contribution in [0.15, 0.2) is 174 Å². The summed E-state index contributed by atoms with van der Waals surface area (Å²) in [5.41, 5.74) is 11.5. The standard InChI is InChI=1S/C44H28O/c1-3-12-29(13-4-1)30-22-24-31(25-23-30)34-20-11-21-41-44(34)39-28-33(26-27-40(39)45-41)43-37-18-9-7-16-35(37)42(32-14-5-2-6-15-32)36-17-8-10-19-38(36)43/h1-28H. The van der Waals surface area contributed by atoms with Crippen molar-refractivity contribution >= 4 is 43.5 Å². The van der Waals surface area contributed by atoms with E-state index in [2.05, 4.69) is 170 Å². The van der Waals surface area contributed by atoms with Gasteiger partial charge in [-0.25, -0.2) is 0 Å². The Morgan fingerprint density at radius 1 is 0.289 bits per heavy atom. The highest BCUT2D eigenvalue weighted by Crippen LogP contribution is 2.45. The van der Waals surface area contributed by atoms with Crippen LogP contribution in [0.4, 0.5) is 0 Å². The number of hydrogen-bond acceptors (Lipinski definition) is 1. The average molecular weight is 573 g/mol. The molecule has 0 aliphatic heterocycles. The van der Waals surface area contributed by atoms with E-state index in [1.165, 1.54) is 66.1 Å². The summed E-state index contributed by atoms with van der Waals surface area (Å²) in [5, 5.41) is 7.29. The molecule has 0 N–H and O–H groups in total. The molecule has 1 heteroatoms. The van der Waals surface area contributed by atoms with Crippen LogP contribution in [0.2, 0.25) is 0 Å². The zero-order valence-electron chi connectivity index (χ0n) is 24.6. The third-order valence-corrected chi connectivity index (χ3v) is 9.08. The van der Waals surface area contributed by atoms with Gasteiger partial charge >= 0.3 is 0 Å². The van der Waals surface area contributed by atoms with E-state index in [4.69, 9.17) is 4.42 Å². The summed E-state index contributed by atoms with van der Waals surface area (Å²) in [5.74, 6) is 0. The van der Waals surface area contributed by atoms with E-state index in [1.54, 1.807) is 0 Å². The molecule has 0 saturated heterocycles. The quantitative estimate of drug-likeness (QED) is 0.191.